The Hall–Kier alpha value is -1.66. The summed E-state index contributed by atoms with van der Waals surface area (Å²) in [6.45, 7) is 1.24. The van der Waals surface area contributed by atoms with Crippen LogP contribution >= 0.6 is 0 Å². The maximum atomic E-state index is 9.33. The van der Waals surface area contributed by atoms with Crippen LogP contribution in [0.1, 0.15) is 18.2 Å². The number of ether oxygens (including phenoxy) is 1. The standard InChI is InChI=1S/C11H14N4O2/c12-8-1-3-13-11-10(8)9(5-16)14-15(11)7-2-4-17-6-7/h1,3,7,16H,2,4-6H2,(H2,12,13)/t7-/m0/s1. The van der Waals surface area contributed by atoms with Gasteiger partial charge in [-0.3, -0.25) is 0 Å². The third kappa shape index (κ3) is 1.57. The van der Waals surface area contributed by atoms with Gasteiger partial charge in [-0.25, -0.2) is 9.67 Å². The molecule has 3 rings (SSSR count). The van der Waals surface area contributed by atoms with Gasteiger partial charge in [0.2, 0.25) is 0 Å². The summed E-state index contributed by atoms with van der Waals surface area (Å²) < 4.78 is 7.17. The van der Waals surface area contributed by atoms with Crippen molar-refractivity contribution in [2.24, 2.45) is 0 Å². The number of rotatable bonds is 2. The first-order chi connectivity index (χ1) is 8.31. The number of aliphatic hydroxyl groups is 1. The summed E-state index contributed by atoms with van der Waals surface area (Å²) in [4.78, 5) is 4.31. The number of aliphatic hydroxyl groups excluding tert-OH is 1. The van der Waals surface area contributed by atoms with Crippen molar-refractivity contribution < 1.29 is 9.84 Å². The van der Waals surface area contributed by atoms with E-state index < -0.39 is 0 Å². The van der Waals surface area contributed by atoms with Gasteiger partial charge in [-0.05, 0) is 12.5 Å². The van der Waals surface area contributed by atoms with E-state index in [4.69, 9.17) is 10.5 Å². The zero-order valence-electron chi connectivity index (χ0n) is 9.33. The van der Waals surface area contributed by atoms with Gasteiger partial charge >= 0.3 is 0 Å². The second-order valence-electron chi connectivity index (χ2n) is 4.17. The van der Waals surface area contributed by atoms with E-state index in [-0.39, 0.29) is 12.6 Å². The van der Waals surface area contributed by atoms with Gasteiger partial charge in [-0.2, -0.15) is 5.10 Å². The summed E-state index contributed by atoms with van der Waals surface area (Å²) in [6.07, 6.45) is 2.57. The van der Waals surface area contributed by atoms with E-state index in [1.54, 1.807) is 12.3 Å². The van der Waals surface area contributed by atoms with Crippen molar-refractivity contribution in [3.05, 3.63) is 18.0 Å². The molecule has 2 aromatic heterocycles. The maximum absolute atomic E-state index is 9.33. The molecular formula is C11H14N4O2. The van der Waals surface area contributed by atoms with Crippen molar-refractivity contribution in [2.45, 2.75) is 19.1 Å². The van der Waals surface area contributed by atoms with E-state index in [1.165, 1.54) is 0 Å². The molecule has 1 aliphatic heterocycles. The van der Waals surface area contributed by atoms with Gasteiger partial charge in [-0.1, -0.05) is 0 Å². The van der Waals surface area contributed by atoms with Crippen LogP contribution in [0.2, 0.25) is 0 Å². The van der Waals surface area contributed by atoms with Crippen LogP contribution in [0.3, 0.4) is 0 Å². The highest BCUT2D eigenvalue weighted by Gasteiger charge is 2.23. The van der Waals surface area contributed by atoms with Crippen molar-refractivity contribution in [3.63, 3.8) is 0 Å². The van der Waals surface area contributed by atoms with Crippen molar-refractivity contribution >= 4 is 16.7 Å². The second-order valence-corrected chi connectivity index (χ2v) is 4.17. The maximum Gasteiger partial charge on any atom is 0.160 e. The smallest absolute Gasteiger partial charge is 0.160 e. The molecule has 6 heteroatoms. The first-order valence-corrected chi connectivity index (χ1v) is 5.61. The molecule has 1 saturated heterocycles. The fourth-order valence-corrected chi connectivity index (χ4v) is 2.24. The van der Waals surface area contributed by atoms with E-state index >= 15 is 0 Å². The summed E-state index contributed by atoms with van der Waals surface area (Å²) in [5, 5.41) is 14.5. The minimum absolute atomic E-state index is 0.132. The summed E-state index contributed by atoms with van der Waals surface area (Å²) in [5.41, 5.74) is 7.82. The molecule has 3 N–H and O–H groups in total. The Kier molecular flexibility index (Phi) is 2.45. The average molecular weight is 234 g/mol. The Morgan fingerprint density at radius 2 is 2.47 bits per heavy atom. The zero-order chi connectivity index (χ0) is 11.8. The minimum Gasteiger partial charge on any atom is -0.398 e. The molecule has 1 atom stereocenters. The van der Waals surface area contributed by atoms with Crippen LogP contribution in [0.4, 0.5) is 5.69 Å². The largest absolute Gasteiger partial charge is 0.398 e. The van der Waals surface area contributed by atoms with Crippen LogP contribution in [0.5, 0.6) is 0 Å². The van der Waals surface area contributed by atoms with Gasteiger partial charge in [0.1, 0.15) is 0 Å². The molecule has 3 heterocycles. The SMILES string of the molecule is Nc1ccnc2c1c(CO)nn2[C@H]1CCOC1. The van der Waals surface area contributed by atoms with Gasteiger partial charge < -0.3 is 15.6 Å². The molecule has 0 spiro atoms. The van der Waals surface area contributed by atoms with Crippen LogP contribution in [0, 0.1) is 0 Å². The molecule has 0 unspecified atom stereocenters. The van der Waals surface area contributed by atoms with Gasteiger partial charge in [0.05, 0.1) is 30.3 Å². The Morgan fingerprint density at radius 1 is 1.59 bits per heavy atom. The van der Waals surface area contributed by atoms with Gasteiger partial charge in [-0.15, -0.1) is 0 Å². The molecule has 1 aliphatic rings. The zero-order valence-corrected chi connectivity index (χ0v) is 9.33. The summed E-state index contributed by atoms with van der Waals surface area (Å²) in [6, 6.07) is 1.91. The Labute approximate surface area is 98.0 Å². The number of fused-ring (bicyclic) bond motifs is 1. The van der Waals surface area contributed by atoms with Crippen LogP contribution in [-0.4, -0.2) is 33.1 Å². The van der Waals surface area contributed by atoms with E-state index in [0.717, 1.165) is 24.1 Å². The van der Waals surface area contributed by atoms with Crippen molar-refractivity contribution in [1.29, 1.82) is 0 Å². The lowest BCUT2D eigenvalue weighted by Crippen LogP contribution is -2.11. The Bertz CT molecular complexity index is 546. The fraction of sp³-hybridized carbons (Fsp3) is 0.455. The molecule has 0 aliphatic carbocycles. The summed E-state index contributed by atoms with van der Waals surface area (Å²) in [7, 11) is 0. The third-order valence-corrected chi connectivity index (χ3v) is 3.10. The minimum atomic E-state index is -0.132. The number of pyridine rings is 1. The molecule has 0 saturated carbocycles. The van der Waals surface area contributed by atoms with Crippen molar-refractivity contribution in [1.82, 2.24) is 14.8 Å². The highest BCUT2D eigenvalue weighted by atomic mass is 16.5. The molecule has 90 valence electrons. The first kappa shape index (κ1) is 10.5. The Morgan fingerprint density at radius 3 is 3.18 bits per heavy atom. The quantitative estimate of drug-likeness (QED) is 0.788. The lowest BCUT2D eigenvalue weighted by molar-refractivity contribution is 0.184. The number of nitrogens with two attached hydrogens (primary N) is 1. The predicted molar refractivity (Wildman–Crippen MR) is 62.3 cm³/mol. The molecular weight excluding hydrogens is 220 g/mol. The topological polar surface area (TPSA) is 86.2 Å². The van der Waals surface area contributed by atoms with E-state index in [2.05, 4.69) is 10.1 Å². The number of nitrogen functional groups attached to an aromatic ring is 1. The van der Waals surface area contributed by atoms with E-state index in [1.807, 2.05) is 4.68 Å². The predicted octanol–water partition coefficient (Wildman–Crippen LogP) is 0.467. The molecule has 2 aromatic rings. The highest BCUT2D eigenvalue weighted by molar-refractivity contribution is 5.90. The van der Waals surface area contributed by atoms with Crippen LogP contribution in [-0.2, 0) is 11.3 Å². The normalized spacial score (nSPS) is 20.2. The average Bonchev–Trinajstić information content (AvgIpc) is 2.95. The lowest BCUT2D eigenvalue weighted by atomic mass is 10.2. The Balaban J connectivity index is 2.21. The molecule has 0 aromatic carbocycles. The van der Waals surface area contributed by atoms with E-state index in [0.29, 0.717) is 18.0 Å². The van der Waals surface area contributed by atoms with Crippen LogP contribution < -0.4 is 5.73 Å². The van der Waals surface area contributed by atoms with Gasteiger partial charge in [0.15, 0.2) is 5.65 Å². The molecule has 1 fully saturated rings. The highest BCUT2D eigenvalue weighted by Crippen LogP contribution is 2.28. The number of hydrogen-bond acceptors (Lipinski definition) is 5. The molecule has 17 heavy (non-hydrogen) atoms. The van der Waals surface area contributed by atoms with E-state index in [9.17, 15) is 5.11 Å². The van der Waals surface area contributed by atoms with Gasteiger partial charge in [0, 0.05) is 18.5 Å². The first-order valence-electron chi connectivity index (χ1n) is 5.61. The summed E-state index contributed by atoms with van der Waals surface area (Å²) >= 11 is 0. The molecule has 6 nitrogen and oxygen atoms in total. The fourth-order valence-electron chi connectivity index (χ4n) is 2.24. The van der Waals surface area contributed by atoms with Crippen LogP contribution in [0.25, 0.3) is 11.0 Å². The second kappa shape index (κ2) is 3.97. The van der Waals surface area contributed by atoms with Gasteiger partial charge in [0.25, 0.3) is 0 Å². The molecule has 0 amide bonds. The van der Waals surface area contributed by atoms with Crippen molar-refractivity contribution in [2.75, 3.05) is 18.9 Å². The van der Waals surface area contributed by atoms with Crippen LogP contribution in [0.15, 0.2) is 12.3 Å². The molecule has 0 radical (unpaired) electrons. The number of nitrogens with zero attached hydrogens (tertiary/aromatic N) is 3. The number of hydrogen-bond donors (Lipinski definition) is 2. The van der Waals surface area contributed by atoms with Crippen molar-refractivity contribution in [3.8, 4) is 0 Å². The number of anilines is 1. The monoisotopic (exact) mass is 234 g/mol. The number of aromatic nitrogens is 3. The molecule has 0 bridgehead atoms. The summed E-state index contributed by atoms with van der Waals surface area (Å²) in [5.74, 6) is 0. The third-order valence-electron chi connectivity index (χ3n) is 3.10. The lowest BCUT2D eigenvalue weighted by Gasteiger charge is -2.08.